The second kappa shape index (κ2) is 8.41. The summed E-state index contributed by atoms with van der Waals surface area (Å²) >= 11 is 4.59. The molecule has 0 aliphatic rings. The molecule has 26 heavy (non-hydrogen) atoms. The van der Waals surface area contributed by atoms with Crippen LogP contribution in [0.3, 0.4) is 0 Å². The van der Waals surface area contributed by atoms with Gasteiger partial charge in [0.15, 0.2) is 5.82 Å². The molecule has 0 atom stereocenters. The normalized spacial score (nSPS) is 10.7. The molecule has 0 bridgehead atoms. The van der Waals surface area contributed by atoms with Crippen molar-refractivity contribution in [3.8, 4) is 11.5 Å². The van der Waals surface area contributed by atoms with Gasteiger partial charge in [0.1, 0.15) is 23.9 Å². The highest BCUT2D eigenvalue weighted by Crippen LogP contribution is 2.24. The van der Waals surface area contributed by atoms with Crippen molar-refractivity contribution in [3.63, 3.8) is 0 Å². The standard InChI is InChI=1S/C17H16BrFN4O2S/c1-24-12-3-2-4-13(8-12)25-9-16-21-22-17(23(16)20)26-10-11-5-6-15(19)14(18)7-11/h2-8H,9-10,20H2,1H3. The maximum absolute atomic E-state index is 13.3. The average Bonchev–Trinajstić information content (AvgIpc) is 3.01. The van der Waals surface area contributed by atoms with Crippen molar-refractivity contribution in [2.45, 2.75) is 17.5 Å². The lowest BCUT2D eigenvalue weighted by Gasteiger charge is -2.08. The smallest absolute Gasteiger partial charge is 0.210 e. The molecule has 9 heteroatoms. The number of aromatic nitrogens is 3. The number of methoxy groups -OCH3 is 1. The maximum atomic E-state index is 13.3. The first-order chi connectivity index (χ1) is 12.6. The first-order valence-electron chi connectivity index (χ1n) is 7.60. The highest BCUT2D eigenvalue weighted by atomic mass is 79.9. The van der Waals surface area contributed by atoms with Gasteiger partial charge in [0.05, 0.1) is 11.6 Å². The van der Waals surface area contributed by atoms with Crippen LogP contribution in [0.15, 0.2) is 52.1 Å². The van der Waals surface area contributed by atoms with Crippen molar-refractivity contribution in [3.05, 3.63) is 64.1 Å². The van der Waals surface area contributed by atoms with Gasteiger partial charge in [0, 0.05) is 11.8 Å². The van der Waals surface area contributed by atoms with Gasteiger partial charge < -0.3 is 15.3 Å². The molecule has 1 heterocycles. The summed E-state index contributed by atoms with van der Waals surface area (Å²) in [5.41, 5.74) is 0.945. The van der Waals surface area contributed by atoms with Gasteiger partial charge in [0.2, 0.25) is 5.16 Å². The predicted octanol–water partition coefficient (Wildman–Crippen LogP) is 3.77. The van der Waals surface area contributed by atoms with E-state index in [1.807, 2.05) is 18.2 Å². The SMILES string of the molecule is COc1cccc(OCc2nnc(SCc3ccc(F)c(Br)c3)n2N)c1. The highest BCUT2D eigenvalue weighted by molar-refractivity contribution is 9.10. The van der Waals surface area contributed by atoms with Crippen LogP contribution in [0.2, 0.25) is 0 Å². The Bertz CT molecular complexity index is 906. The van der Waals surface area contributed by atoms with Crippen molar-refractivity contribution in [1.29, 1.82) is 0 Å². The van der Waals surface area contributed by atoms with Gasteiger partial charge in [-0.3, -0.25) is 0 Å². The van der Waals surface area contributed by atoms with Gasteiger partial charge in [-0.15, -0.1) is 10.2 Å². The number of benzene rings is 2. The molecule has 6 nitrogen and oxygen atoms in total. The van der Waals surface area contributed by atoms with E-state index in [9.17, 15) is 4.39 Å². The molecule has 1 aromatic heterocycles. The molecule has 3 rings (SSSR count). The molecule has 0 saturated heterocycles. The number of nitrogen functional groups attached to an aromatic ring is 1. The number of nitrogens with two attached hydrogens (primary N) is 1. The quantitative estimate of drug-likeness (QED) is 0.446. The molecule has 2 aromatic carbocycles. The maximum Gasteiger partial charge on any atom is 0.210 e. The van der Waals surface area contributed by atoms with Crippen LogP contribution in [-0.4, -0.2) is 22.0 Å². The van der Waals surface area contributed by atoms with Crippen LogP contribution in [0.4, 0.5) is 4.39 Å². The van der Waals surface area contributed by atoms with Crippen molar-refractivity contribution in [1.82, 2.24) is 14.9 Å². The number of halogens is 2. The van der Waals surface area contributed by atoms with Crippen LogP contribution in [-0.2, 0) is 12.4 Å². The van der Waals surface area contributed by atoms with E-state index < -0.39 is 0 Å². The van der Waals surface area contributed by atoms with Crippen molar-refractivity contribution >= 4 is 27.7 Å². The van der Waals surface area contributed by atoms with Crippen molar-refractivity contribution in [2.24, 2.45) is 0 Å². The van der Waals surface area contributed by atoms with Crippen LogP contribution in [0.25, 0.3) is 0 Å². The van der Waals surface area contributed by atoms with E-state index in [4.69, 9.17) is 15.3 Å². The largest absolute Gasteiger partial charge is 0.497 e. The van der Waals surface area contributed by atoms with Crippen LogP contribution >= 0.6 is 27.7 Å². The number of hydrogen-bond donors (Lipinski definition) is 1. The molecular formula is C17H16BrFN4O2S. The lowest BCUT2D eigenvalue weighted by Crippen LogP contribution is -2.15. The third kappa shape index (κ3) is 4.47. The molecule has 136 valence electrons. The van der Waals surface area contributed by atoms with Crippen LogP contribution < -0.4 is 15.3 Å². The Kier molecular flexibility index (Phi) is 6.00. The van der Waals surface area contributed by atoms with E-state index in [1.54, 1.807) is 25.3 Å². The molecule has 0 spiro atoms. The Labute approximate surface area is 162 Å². The highest BCUT2D eigenvalue weighted by Gasteiger charge is 2.12. The predicted molar refractivity (Wildman–Crippen MR) is 101 cm³/mol. The second-order valence-electron chi connectivity index (χ2n) is 5.27. The molecule has 3 aromatic rings. The van der Waals surface area contributed by atoms with E-state index in [0.717, 1.165) is 5.56 Å². The molecule has 0 aliphatic carbocycles. The Hall–Kier alpha value is -2.26. The van der Waals surface area contributed by atoms with Crippen molar-refractivity contribution < 1.29 is 13.9 Å². The lowest BCUT2D eigenvalue weighted by atomic mass is 10.2. The molecule has 0 fully saturated rings. The molecule has 2 N–H and O–H groups in total. The summed E-state index contributed by atoms with van der Waals surface area (Å²) < 4.78 is 25.9. The first-order valence-corrected chi connectivity index (χ1v) is 9.37. The van der Waals surface area contributed by atoms with Gasteiger partial charge in [-0.05, 0) is 45.8 Å². The molecule has 0 radical (unpaired) electrons. The van der Waals surface area contributed by atoms with E-state index in [1.165, 1.54) is 22.5 Å². The molecule has 0 unspecified atom stereocenters. The molecular weight excluding hydrogens is 423 g/mol. The van der Waals surface area contributed by atoms with E-state index in [0.29, 0.717) is 32.7 Å². The zero-order valence-corrected chi connectivity index (χ0v) is 16.3. The van der Waals surface area contributed by atoms with Gasteiger partial charge in [-0.2, -0.15) is 0 Å². The number of rotatable bonds is 7. The van der Waals surface area contributed by atoms with Crippen LogP contribution in [0, 0.1) is 5.82 Å². The minimum Gasteiger partial charge on any atom is -0.497 e. The summed E-state index contributed by atoms with van der Waals surface area (Å²) in [6, 6.07) is 12.1. The third-order valence-corrected chi connectivity index (χ3v) is 5.12. The Morgan fingerprint density at radius 1 is 1.19 bits per heavy atom. The monoisotopic (exact) mass is 438 g/mol. The summed E-state index contributed by atoms with van der Waals surface area (Å²) in [5, 5.41) is 8.69. The van der Waals surface area contributed by atoms with Gasteiger partial charge in [-0.25, -0.2) is 9.07 Å². The minimum absolute atomic E-state index is 0.180. The first kappa shape index (κ1) is 18.5. The van der Waals surface area contributed by atoms with E-state index >= 15 is 0 Å². The lowest BCUT2D eigenvalue weighted by molar-refractivity contribution is 0.289. The summed E-state index contributed by atoms with van der Waals surface area (Å²) in [7, 11) is 1.60. The Morgan fingerprint density at radius 3 is 2.77 bits per heavy atom. The summed E-state index contributed by atoms with van der Waals surface area (Å²) in [4.78, 5) is 0. The number of nitrogens with zero attached hydrogens (tertiary/aromatic N) is 3. The summed E-state index contributed by atoms with van der Waals surface area (Å²) in [5.74, 6) is 8.19. The topological polar surface area (TPSA) is 75.2 Å². The summed E-state index contributed by atoms with van der Waals surface area (Å²) in [6.07, 6.45) is 0. The van der Waals surface area contributed by atoms with Crippen molar-refractivity contribution in [2.75, 3.05) is 13.0 Å². The second-order valence-corrected chi connectivity index (χ2v) is 7.07. The fourth-order valence-corrected chi connectivity index (χ4v) is 3.36. The van der Waals surface area contributed by atoms with Gasteiger partial charge in [-0.1, -0.05) is 23.9 Å². The van der Waals surface area contributed by atoms with E-state index in [2.05, 4.69) is 26.1 Å². The fourth-order valence-electron chi connectivity index (χ4n) is 2.12. The minimum atomic E-state index is -0.294. The van der Waals surface area contributed by atoms with E-state index in [-0.39, 0.29) is 12.4 Å². The van der Waals surface area contributed by atoms with Crippen LogP contribution in [0.5, 0.6) is 11.5 Å². The Morgan fingerprint density at radius 2 is 2.00 bits per heavy atom. The van der Waals surface area contributed by atoms with Crippen LogP contribution in [0.1, 0.15) is 11.4 Å². The Balaban J connectivity index is 1.61. The molecule has 0 amide bonds. The number of hydrogen-bond acceptors (Lipinski definition) is 6. The van der Waals surface area contributed by atoms with Gasteiger partial charge in [0.25, 0.3) is 0 Å². The van der Waals surface area contributed by atoms with Gasteiger partial charge >= 0.3 is 0 Å². The third-order valence-electron chi connectivity index (χ3n) is 3.50. The number of ether oxygens (including phenoxy) is 2. The zero-order valence-electron chi connectivity index (χ0n) is 13.9. The summed E-state index contributed by atoms with van der Waals surface area (Å²) in [6.45, 7) is 0.180. The molecule has 0 aliphatic heterocycles. The number of thioether (sulfide) groups is 1. The average molecular weight is 439 g/mol. The fraction of sp³-hybridized carbons (Fsp3) is 0.176. The zero-order chi connectivity index (χ0) is 18.5. The molecule has 0 saturated carbocycles.